The maximum absolute atomic E-state index is 13.4. The van der Waals surface area contributed by atoms with E-state index in [0.29, 0.717) is 5.76 Å². The van der Waals surface area contributed by atoms with Crippen LogP contribution in [0.4, 0.5) is 4.79 Å². The average Bonchev–Trinajstić information content (AvgIpc) is 2.80. The SMILES string of the molecule is C=C(OC)[C@@H]1[C@@H](c2ccccc2)N(C(C)(C)C)C(=O)N1C(C)(C)C. The first-order valence-electron chi connectivity index (χ1n) is 8.40. The fourth-order valence-electron chi connectivity index (χ4n) is 3.47. The Balaban J connectivity index is 2.67. The van der Waals surface area contributed by atoms with Gasteiger partial charge in [0, 0.05) is 11.1 Å². The molecule has 2 amide bonds. The van der Waals surface area contributed by atoms with Crippen LogP contribution >= 0.6 is 0 Å². The molecule has 0 bridgehead atoms. The zero-order valence-electron chi connectivity index (χ0n) is 16.0. The third-order valence-corrected chi connectivity index (χ3v) is 4.45. The molecule has 0 spiro atoms. The van der Waals surface area contributed by atoms with Gasteiger partial charge in [-0.3, -0.25) is 0 Å². The molecule has 0 radical (unpaired) electrons. The Morgan fingerprint density at radius 2 is 1.50 bits per heavy atom. The van der Waals surface area contributed by atoms with Crippen molar-refractivity contribution >= 4 is 6.03 Å². The van der Waals surface area contributed by atoms with Crippen molar-refractivity contribution in [3.63, 3.8) is 0 Å². The van der Waals surface area contributed by atoms with E-state index >= 15 is 0 Å². The standard InChI is InChI=1S/C20H30N2O2/c1-14(24-8)16-17(15-12-10-9-11-13-15)22(20(5,6)7)18(23)21(16)19(2,3)4/h9-13,16-17H,1H2,2-8H3/t16-,17-/m1/s1. The quantitative estimate of drug-likeness (QED) is 0.759. The molecule has 4 nitrogen and oxygen atoms in total. The second-order valence-electron chi connectivity index (χ2n) is 8.34. The number of methoxy groups -OCH3 is 1. The van der Waals surface area contributed by atoms with Gasteiger partial charge < -0.3 is 14.5 Å². The minimum Gasteiger partial charge on any atom is -0.499 e. The first-order chi connectivity index (χ1) is 11.0. The highest BCUT2D eigenvalue weighted by atomic mass is 16.5. The molecule has 0 aromatic heterocycles. The van der Waals surface area contributed by atoms with Gasteiger partial charge in [-0.1, -0.05) is 36.9 Å². The summed E-state index contributed by atoms with van der Waals surface area (Å²) in [5, 5.41) is 0. The molecule has 0 unspecified atom stereocenters. The lowest BCUT2D eigenvalue weighted by atomic mass is 9.92. The van der Waals surface area contributed by atoms with Gasteiger partial charge in [0.05, 0.1) is 13.2 Å². The van der Waals surface area contributed by atoms with Gasteiger partial charge in [0.15, 0.2) is 0 Å². The molecule has 0 aliphatic carbocycles. The van der Waals surface area contributed by atoms with Crippen LogP contribution in [0, 0.1) is 0 Å². The van der Waals surface area contributed by atoms with E-state index in [2.05, 4.69) is 60.3 Å². The lowest BCUT2D eigenvalue weighted by molar-refractivity contribution is 0.115. The summed E-state index contributed by atoms with van der Waals surface area (Å²) in [6.45, 7) is 16.5. The molecular weight excluding hydrogens is 300 g/mol. The third-order valence-electron chi connectivity index (χ3n) is 4.45. The van der Waals surface area contributed by atoms with Crippen LogP contribution < -0.4 is 0 Å². The Bertz CT molecular complexity index is 611. The number of nitrogens with zero attached hydrogens (tertiary/aromatic N) is 2. The molecule has 1 heterocycles. The molecule has 1 saturated heterocycles. The number of urea groups is 1. The Morgan fingerprint density at radius 3 is 1.92 bits per heavy atom. The van der Waals surface area contributed by atoms with Gasteiger partial charge in [-0.15, -0.1) is 0 Å². The number of hydrogen-bond acceptors (Lipinski definition) is 2. The Labute approximate surface area is 146 Å². The van der Waals surface area contributed by atoms with Crippen molar-refractivity contribution in [3.05, 3.63) is 48.2 Å². The molecular formula is C20H30N2O2. The fourth-order valence-corrected chi connectivity index (χ4v) is 3.47. The minimum atomic E-state index is -0.337. The molecule has 2 atom stereocenters. The van der Waals surface area contributed by atoms with Gasteiger partial charge in [0.25, 0.3) is 0 Å². The third kappa shape index (κ3) is 3.14. The number of amides is 2. The van der Waals surface area contributed by atoms with E-state index in [1.54, 1.807) is 7.11 Å². The predicted octanol–water partition coefficient (Wildman–Crippen LogP) is 4.59. The molecule has 1 aromatic rings. The van der Waals surface area contributed by atoms with Gasteiger partial charge in [0.2, 0.25) is 0 Å². The molecule has 4 heteroatoms. The van der Waals surface area contributed by atoms with Gasteiger partial charge in [0.1, 0.15) is 11.8 Å². The number of rotatable bonds is 3. The second-order valence-corrected chi connectivity index (χ2v) is 8.34. The van der Waals surface area contributed by atoms with Gasteiger partial charge in [-0.05, 0) is 47.1 Å². The highest BCUT2D eigenvalue weighted by Crippen LogP contribution is 2.45. The van der Waals surface area contributed by atoms with Crippen LogP contribution in [0.2, 0.25) is 0 Å². The van der Waals surface area contributed by atoms with Crippen LogP contribution in [0.15, 0.2) is 42.7 Å². The zero-order chi connectivity index (χ0) is 18.3. The molecule has 2 rings (SSSR count). The van der Waals surface area contributed by atoms with E-state index in [1.165, 1.54) is 0 Å². The van der Waals surface area contributed by atoms with Crippen molar-refractivity contribution in [2.24, 2.45) is 0 Å². The number of carbonyl (C=O) groups excluding carboxylic acids is 1. The first kappa shape index (κ1) is 18.4. The van der Waals surface area contributed by atoms with Crippen LogP contribution in [0.1, 0.15) is 53.1 Å². The van der Waals surface area contributed by atoms with E-state index < -0.39 is 0 Å². The van der Waals surface area contributed by atoms with Crippen LogP contribution in [0.25, 0.3) is 0 Å². The van der Waals surface area contributed by atoms with E-state index in [4.69, 9.17) is 4.74 Å². The molecule has 1 aliphatic rings. The van der Waals surface area contributed by atoms with Gasteiger partial charge in [-0.25, -0.2) is 4.79 Å². The topological polar surface area (TPSA) is 32.8 Å². The van der Waals surface area contributed by atoms with Crippen molar-refractivity contribution in [1.82, 2.24) is 9.80 Å². The summed E-state index contributed by atoms with van der Waals surface area (Å²) < 4.78 is 5.51. The lowest BCUT2D eigenvalue weighted by Crippen LogP contribution is -2.50. The number of ether oxygens (including phenoxy) is 1. The summed E-state index contributed by atoms with van der Waals surface area (Å²) in [6, 6.07) is 9.79. The number of hydrogen-bond donors (Lipinski definition) is 0. The summed E-state index contributed by atoms with van der Waals surface area (Å²) in [7, 11) is 1.62. The van der Waals surface area contributed by atoms with Crippen molar-refractivity contribution in [2.75, 3.05) is 7.11 Å². The lowest BCUT2D eigenvalue weighted by Gasteiger charge is -2.37. The molecule has 0 N–H and O–H groups in total. The minimum absolute atomic E-state index is 0.0204. The largest absolute Gasteiger partial charge is 0.499 e. The van der Waals surface area contributed by atoms with Gasteiger partial charge >= 0.3 is 6.03 Å². The van der Waals surface area contributed by atoms with Crippen LogP contribution in [-0.4, -0.2) is 40.1 Å². The summed E-state index contributed by atoms with van der Waals surface area (Å²) in [4.78, 5) is 17.2. The maximum atomic E-state index is 13.4. The highest BCUT2D eigenvalue weighted by Gasteiger charge is 2.54. The monoisotopic (exact) mass is 330 g/mol. The Morgan fingerprint density at radius 1 is 1.00 bits per heavy atom. The number of benzene rings is 1. The van der Waals surface area contributed by atoms with Crippen LogP contribution in [-0.2, 0) is 4.74 Å². The van der Waals surface area contributed by atoms with E-state index in [0.717, 1.165) is 5.56 Å². The van der Waals surface area contributed by atoms with E-state index in [9.17, 15) is 4.79 Å². The molecule has 1 aliphatic heterocycles. The smallest absolute Gasteiger partial charge is 0.322 e. The molecule has 1 aromatic carbocycles. The normalized spacial score (nSPS) is 22.0. The zero-order valence-corrected chi connectivity index (χ0v) is 16.0. The van der Waals surface area contributed by atoms with Gasteiger partial charge in [-0.2, -0.15) is 0 Å². The highest BCUT2D eigenvalue weighted by molar-refractivity contribution is 5.80. The van der Waals surface area contributed by atoms with E-state index in [1.807, 2.05) is 28.0 Å². The average molecular weight is 330 g/mol. The summed E-state index contributed by atoms with van der Waals surface area (Å²) >= 11 is 0. The van der Waals surface area contributed by atoms with Crippen LogP contribution in [0.3, 0.4) is 0 Å². The molecule has 0 saturated carbocycles. The van der Waals surface area contributed by atoms with Crippen molar-refractivity contribution in [3.8, 4) is 0 Å². The number of carbonyl (C=O) groups is 1. The summed E-state index contributed by atoms with van der Waals surface area (Å²) in [5.41, 5.74) is 0.441. The summed E-state index contributed by atoms with van der Waals surface area (Å²) in [5.74, 6) is 0.610. The van der Waals surface area contributed by atoms with E-state index in [-0.39, 0.29) is 29.2 Å². The Kier molecular flexibility index (Phi) is 4.71. The Hall–Kier alpha value is -1.97. The van der Waals surface area contributed by atoms with Crippen molar-refractivity contribution in [1.29, 1.82) is 0 Å². The molecule has 1 fully saturated rings. The molecule has 24 heavy (non-hydrogen) atoms. The summed E-state index contributed by atoms with van der Waals surface area (Å²) in [6.07, 6.45) is 0. The second kappa shape index (κ2) is 6.15. The van der Waals surface area contributed by atoms with Crippen LogP contribution in [0.5, 0.6) is 0 Å². The van der Waals surface area contributed by atoms with Crippen molar-refractivity contribution in [2.45, 2.75) is 64.7 Å². The molecule has 132 valence electrons. The first-order valence-corrected chi connectivity index (χ1v) is 8.40. The maximum Gasteiger partial charge on any atom is 0.322 e. The van der Waals surface area contributed by atoms with Crippen molar-refractivity contribution < 1.29 is 9.53 Å². The fraction of sp³-hybridized carbons (Fsp3) is 0.550. The predicted molar refractivity (Wildman–Crippen MR) is 97.7 cm³/mol.